The van der Waals surface area contributed by atoms with Crippen LogP contribution in [0.2, 0.25) is 19.6 Å². The smallest absolute Gasteiger partial charge is 0.140 e. The Labute approximate surface area is 146 Å². The van der Waals surface area contributed by atoms with Gasteiger partial charge >= 0.3 is 0 Å². The fourth-order valence-corrected chi connectivity index (χ4v) is 2.65. The third-order valence-corrected chi connectivity index (χ3v) is 4.26. The second-order valence-corrected chi connectivity index (χ2v) is 11.6. The molecule has 0 atom stereocenters. The highest BCUT2D eigenvalue weighted by Gasteiger charge is 2.08. The van der Waals surface area contributed by atoms with Crippen molar-refractivity contribution in [3.8, 4) is 23.3 Å². The largest absolute Gasteiger partial charge is 0.206 e. The van der Waals surface area contributed by atoms with Crippen LogP contribution in [-0.4, -0.2) is 8.07 Å². The summed E-state index contributed by atoms with van der Waals surface area (Å²) in [7, 11) is -1.50. The zero-order valence-corrected chi connectivity index (χ0v) is 15.8. The second kappa shape index (κ2) is 8.00. The van der Waals surface area contributed by atoms with Crippen LogP contribution in [0.25, 0.3) is 0 Å². The van der Waals surface area contributed by atoms with Gasteiger partial charge < -0.3 is 0 Å². The van der Waals surface area contributed by atoms with Gasteiger partial charge in [0.2, 0.25) is 0 Å². The van der Waals surface area contributed by atoms with E-state index in [0.29, 0.717) is 11.1 Å². The first-order valence-corrected chi connectivity index (χ1v) is 11.8. The normalized spacial score (nSPS) is 10.4. The quantitative estimate of drug-likeness (QED) is 0.509. The molecule has 0 saturated carbocycles. The first kappa shape index (κ1) is 18.1. The monoisotopic (exact) mass is 334 g/mol. The average molecular weight is 335 g/mol. The molecule has 0 aliphatic carbocycles. The summed E-state index contributed by atoms with van der Waals surface area (Å²) in [6.45, 7) is 8.59. The van der Waals surface area contributed by atoms with Crippen LogP contribution >= 0.6 is 0 Å². The fourth-order valence-electron chi connectivity index (χ4n) is 2.14. The van der Waals surface area contributed by atoms with Crippen LogP contribution in [-0.2, 0) is 6.42 Å². The molecule has 0 heterocycles. The molecule has 24 heavy (non-hydrogen) atoms. The Hall–Kier alpha value is -2.29. The molecule has 0 bridgehead atoms. The van der Waals surface area contributed by atoms with Gasteiger partial charge in [0.15, 0.2) is 0 Å². The van der Waals surface area contributed by atoms with Crippen molar-refractivity contribution in [1.29, 1.82) is 0 Å². The van der Waals surface area contributed by atoms with Crippen molar-refractivity contribution in [3.63, 3.8) is 0 Å². The summed E-state index contributed by atoms with van der Waals surface area (Å²) in [6.07, 6.45) is 2.22. The molecular weight excluding hydrogens is 311 g/mol. The predicted molar refractivity (Wildman–Crippen MR) is 103 cm³/mol. The molecule has 2 aromatic carbocycles. The highest BCUT2D eigenvalue weighted by atomic mass is 28.3. The van der Waals surface area contributed by atoms with Crippen LogP contribution < -0.4 is 0 Å². The van der Waals surface area contributed by atoms with Gasteiger partial charge in [-0.1, -0.05) is 62.9 Å². The van der Waals surface area contributed by atoms with E-state index in [9.17, 15) is 4.39 Å². The van der Waals surface area contributed by atoms with Gasteiger partial charge in [0.1, 0.15) is 13.9 Å². The summed E-state index contributed by atoms with van der Waals surface area (Å²) in [4.78, 5) is 0. The lowest BCUT2D eigenvalue weighted by molar-refractivity contribution is 0.624. The highest BCUT2D eigenvalue weighted by molar-refractivity contribution is 6.83. The van der Waals surface area contributed by atoms with Crippen LogP contribution in [0.3, 0.4) is 0 Å². The summed E-state index contributed by atoms with van der Waals surface area (Å²) >= 11 is 0. The van der Waals surface area contributed by atoms with Crippen LogP contribution in [0.15, 0.2) is 42.5 Å². The maximum absolute atomic E-state index is 14.1. The number of rotatable bonds is 2. The summed E-state index contributed by atoms with van der Waals surface area (Å²) in [5, 5.41) is 0. The van der Waals surface area contributed by atoms with E-state index in [4.69, 9.17) is 0 Å². The molecule has 0 saturated heterocycles. The number of aryl methyl sites for hydroxylation is 1. The first-order valence-electron chi connectivity index (χ1n) is 8.31. The molecule has 122 valence electrons. The Morgan fingerprint density at radius 1 is 0.875 bits per heavy atom. The lowest BCUT2D eigenvalue weighted by Gasteiger charge is -2.03. The van der Waals surface area contributed by atoms with Crippen LogP contribution in [0.1, 0.15) is 35.6 Å². The minimum absolute atomic E-state index is 0.300. The van der Waals surface area contributed by atoms with Gasteiger partial charge in [-0.25, -0.2) is 4.39 Å². The summed E-state index contributed by atoms with van der Waals surface area (Å²) < 4.78 is 14.1. The van der Waals surface area contributed by atoms with E-state index in [2.05, 4.69) is 62.0 Å². The molecule has 0 aliphatic rings. The summed E-state index contributed by atoms with van der Waals surface area (Å²) in [5.74, 6) is 8.77. The lowest BCUT2D eigenvalue weighted by atomic mass is 10.1. The maximum atomic E-state index is 14.1. The van der Waals surface area contributed by atoms with Crippen LogP contribution in [0.5, 0.6) is 0 Å². The topological polar surface area (TPSA) is 0 Å². The second-order valence-electron chi connectivity index (χ2n) is 6.89. The molecule has 2 rings (SSSR count). The van der Waals surface area contributed by atoms with Gasteiger partial charge in [0.25, 0.3) is 0 Å². The van der Waals surface area contributed by atoms with Gasteiger partial charge in [-0.3, -0.25) is 0 Å². The van der Waals surface area contributed by atoms with E-state index in [1.807, 2.05) is 18.2 Å². The Balaban J connectivity index is 2.17. The fraction of sp³-hybridized carbons (Fsp3) is 0.273. The van der Waals surface area contributed by atoms with Crippen LogP contribution in [0.4, 0.5) is 4.39 Å². The molecule has 0 aromatic heterocycles. The van der Waals surface area contributed by atoms with Crippen molar-refractivity contribution in [1.82, 2.24) is 0 Å². The van der Waals surface area contributed by atoms with E-state index in [-0.39, 0.29) is 5.82 Å². The zero-order chi connectivity index (χ0) is 17.6. The molecule has 0 N–H and O–H groups in total. The number of hydrogen-bond donors (Lipinski definition) is 0. The Kier molecular flexibility index (Phi) is 6.02. The molecule has 0 fully saturated rings. The lowest BCUT2D eigenvalue weighted by Crippen LogP contribution is -2.16. The molecule has 0 nitrogen and oxygen atoms in total. The van der Waals surface area contributed by atoms with E-state index in [1.165, 1.54) is 11.6 Å². The van der Waals surface area contributed by atoms with Gasteiger partial charge in [0, 0.05) is 11.1 Å². The number of benzene rings is 2. The molecule has 0 unspecified atom stereocenters. The van der Waals surface area contributed by atoms with E-state index in [1.54, 1.807) is 6.07 Å². The zero-order valence-electron chi connectivity index (χ0n) is 14.8. The van der Waals surface area contributed by atoms with Crippen molar-refractivity contribution in [2.24, 2.45) is 0 Å². The van der Waals surface area contributed by atoms with Crippen molar-refractivity contribution < 1.29 is 4.39 Å². The van der Waals surface area contributed by atoms with Crippen molar-refractivity contribution >= 4 is 8.07 Å². The van der Waals surface area contributed by atoms with Crippen molar-refractivity contribution in [3.05, 3.63) is 70.5 Å². The number of hydrogen-bond acceptors (Lipinski definition) is 0. The minimum Gasteiger partial charge on any atom is -0.206 e. The molecule has 2 aromatic rings. The van der Waals surface area contributed by atoms with Crippen molar-refractivity contribution in [2.75, 3.05) is 0 Å². The predicted octanol–water partition coefficient (Wildman–Crippen LogP) is 5.41. The van der Waals surface area contributed by atoms with Gasteiger partial charge in [-0.2, -0.15) is 0 Å². The third kappa shape index (κ3) is 5.73. The Morgan fingerprint density at radius 2 is 1.50 bits per heavy atom. The van der Waals surface area contributed by atoms with E-state index in [0.717, 1.165) is 18.4 Å². The molecule has 0 radical (unpaired) electrons. The molecule has 2 heteroatoms. The van der Waals surface area contributed by atoms with E-state index >= 15 is 0 Å². The Bertz CT molecular complexity index is 819. The standard InChI is InChI=1S/C22H23FSi/c1-5-6-18-7-9-19(10-8-18)11-12-20-13-14-21(22(23)17-20)15-16-24(2,3)4/h7-10,13-14,17H,5-6H2,1-4H3. The van der Waals surface area contributed by atoms with E-state index < -0.39 is 8.07 Å². The summed E-state index contributed by atoms with van der Waals surface area (Å²) in [6, 6.07) is 13.2. The Morgan fingerprint density at radius 3 is 2.08 bits per heavy atom. The number of halogens is 1. The van der Waals surface area contributed by atoms with Gasteiger partial charge in [0.05, 0.1) is 5.56 Å². The van der Waals surface area contributed by atoms with Gasteiger partial charge in [-0.15, -0.1) is 5.54 Å². The van der Waals surface area contributed by atoms with Crippen LogP contribution in [0, 0.1) is 29.1 Å². The molecular formula is C22H23FSi. The molecule has 0 aliphatic heterocycles. The average Bonchev–Trinajstić information content (AvgIpc) is 2.53. The maximum Gasteiger partial charge on any atom is 0.140 e. The molecule has 0 spiro atoms. The highest BCUT2D eigenvalue weighted by Crippen LogP contribution is 2.10. The third-order valence-electron chi connectivity index (χ3n) is 3.39. The molecule has 0 amide bonds. The first-order chi connectivity index (χ1) is 11.4. The SMILES string of the molecule is CCCc1ccc(C#Cc2ccc(C#C[Si](C)(C)C)c(F)c2)cc1. The van der Waals surface area contributed by atoms with Crippen molar-refractivity contribution in [2.45, 2.75) is 39.4 Å². The minimum atomic E-state index is -1.50. The summed E-state index contributed by atoms with van der Waals surface area (Å²) in [5.41, 5.74) is 6.57. The van der Waals surface area contributed by atoms with Gasteiger partial charge in [-0.05, 0) is 42.3 Å².